The molecule has 20 heavy (non-hydrogen) atoms. The van der Waals surface area contributed by atoms with Crippen LogP contribution in [0.4, 0.5) is 5.69 Å². The van der Waals surface area contributed by atoms with Crippen molar-refractivity contribution in [1.82, 2.24) is 4.98 Å². The molecular weight excluding hydrogens is 316 g/mol. The van der Waals surface area contributed by atoms with Gasteiger partial charge in [0.25, 0.3) is 0 Å². The van der Waals surface area contributed by atoms with Crippen molar-refractivity contribution in [3.8, 4) is 5.75 Å². The molecule has 0 unspecified atom stereocenters. The fourth-order valence-electron chi connectivity index (χ4n) is 2.91. The van der Waals surface area contributed by atoms with Crippen LogP contribution in [0.15, 0.2) is 16.6 Å². The Morgan fingerprint density at radius 1 is 1.35 bits per heavy atom. The topological polar surface area (TPSA) is 34.2 Å². The highest BCUT2D eigenvalue weighted by Crippen LogP contribution is 2.40. The maximum Gasteiger partial charge on any atom is 0.145 e. The fraction of sp³-hybridized carbons (Fsp3) is 0.438. The van der Waals surface area contributed by atoms with Gasteiger partial charge in [-0.3, -0.25) is 0 Å². The van der Waals surface area contributed by atoms with Gasteiger partial charge in [-0.15, -0.1) is 0 Å². The first-order valence-electron chi connectivity index (χ1n) is 7.18. The number of nitrogens with one attached hydrogen (secondary N) is 1. The first-order valence-corrected chi connectivity index (χ1v) is 7.97. The van der Waals surface area contributed by atoms with Gasteiger partial charge in [0.2, 0.25) is 0 Å². The Labute approximate surface area is 127 Å². The van der Waals surface area contributed by atoms with Crippen LogP contribution in [0.25, 0.3) is 10.9 Å². The molecule has 106 valence electrons. The Morgan fingerprint density at radius 3 is 2.95 bits per heavy atom. The zero-order valence-electron chi connectivity index (χ0n) is 11.9. The molecular formula is C16H19BrN2O. The maximum absolute atomic E-state index is 5.49. The summed E-state index contributed by atoms with van der Waals surface area (Å²) < 4.78 is 6.57. The Morgan fingerprint density at radius 2 is 2.20 bits per heavy atom. The second kappa shape index (κ2) is 5.60. The van der Waals surface area contributed by atoms with Crippen molar-refractivity contribution in [2.45, 2.75) is 32.6 Å². The van der Waals surface area contributed by atoms with Gasteiger partial charge >= 0.3 is 0 Å². The molecule has 1 aliphatic rings. The molecule has 0 bridgehead atoms. The second-order valence-corrected chi connectivity index (χ2v) is 6.02. The highest BCUT2D eigenvalue weighted by atomic mass is 79.9. The van der Waals surface area contributed by atoms with Crippen LogP contribution in [-0.2, 0) is 12.8 Å². The van der Waals surface area contributed by atoms with Crippen LogP contribution in [0.2, 0.25) is 0 Å². The number of aryl methyl sites for hydroxylation is 1. The summed E-state index contributed by atoms with van der Waals surface area (Å²) in [6, 6.07) is 4.02. The highest BCUT2D eigenvalue weighted by molar-refractivity contribution is 9.10. The van der Waals surface area contributed by atoms with Crippen LogP contribution < -0.4 is 10.1 Å². The third-order valence-electron chi connectivity index (χ3n) is 3.85. The van der Waals surface area contributed by atoms with Gasteiger partial charge in [0, 0.05) is 27.8 Å². The summed E-state index contributed by atoms with van der Waals surface area (Å²) in [6.07, 6.45) is 4.50. The van der Waals surface area contributed by atoms with Gasteiger partial charge in [0.1, 0.15) is 11.3 Å². The van der Waals surface area contributed by atoms with Crippen LogP contribution in [0.5, 0.6) is 5.75 Å². The molecule has 1 aromatic heterocycles. The summed E-state index contributed by atoms with van der Waals surface area (Å²) in [5.74, 6) is 0.845. The van der Waals surface area contributed by atoms with Crippen LogP contribution in [-0.4, -0.2) is 18.6 Å². The quantitative estimate of drug-likeness (QED) is 0.904. The molecule has 1 aliphatic carbocycles. The normalized spacial score (nSPS) is 13.6. The van der Waals surface area contributed by atoms with Gasteiger partial charge in [0.05, 0.1) is 7.11 Å². The van der Waals surface area contributed by atoms with E-state index in [1.54, 1.807) is 7.11 Å². The van der Waals surface area contributed by atoms with Crippen molar-refractivity contribution < 1.29 is 4.74 Å². The number of pyridine rings is 1. The van der Waals surface area contributed by atoms with Crippen molar-refractivity contribution in [3.63, 3.8) is 0 Å². The fourth-order valence-corrected chi connectivity index (χ4v) is 3.43. The van der Waals surface area contributed by atoms with Crippen molar-refractivity contribution in [1.29, 1.82) is 0 Å². The lowest BCUT2D eigenvalue weighted by molar-refractivity contribution is 0.419. The van der Waals surface area contributed by atoms with Gasteiger partial charge in [-0.05, 0) is 43.4 Å². The molecule has 0 aliphatic heterocycles. The van der Waals surface area contributed by atoms with E-state index in [4.69, 9.17) is 9.72 Å². The summed E-state index contributed by atoms with van der Waals surface area (Å²) in [7, 11) is 1.71. The third-order valence-corrected chi connectivity index (χ3v) is 4.51. The van der Waals surface area contributed by atoms with E-state index < -0.39 is 0 Å². The summed E-state index contributed by atoms with van der Waals surface area (Å²) in [5, 5.41) is 4.76. The predicted molar refractivity (Wildman–Crippen MR) is 86.8 cm³/mol. The second-order valence-electron chi connectivity index (χ2n) is 5.17. The predicted octanol–water partition coefficient (Wildman–Crippen LogP) is 4.32. The zero-order valence-corrected chi connectivity index (χ0v) is 13.5. The molecule has 1 aromatic carbocycles. The van der Waals surface area contributed by atoms with Crippen LogP contribution >= 0.6 is 15.9 Å². The van der Waals surface area contributed by atoms with Gasteiger partial charge in [-0.1, -0.05) is 22.9 Å². The largest absolute Gasteiger partial charge is 0.494 e. The lowest BCUT2D eigenvalue weighted by Crippen LogP contribution is -2.06. The average Bonchev–Trinajstić information content (AvgIpc) is 2.92. The lowest BCUT2D eigenvalue weighted by Gasteiger charge is -2.16. The van der Waals surface area contributed by atoms with E-state index in [2.05, 4.69) is 28.2 Å². The van der Waals surface area contributed by atoms with Crippen LogP contribution in [0.1, 0.15) is 31.0 Å². The minimum absolute atomic E-state index is 0.845. The molecule has 2 aromatic rings. The number of nitrogens with zero attached hydrogens (tertiary/aromatic N) is 1. The van der Waals surface area contributed by atoms with Gasteiger partial charge in [0.15, 0.2) is 0 Å². The number of fused-ring (bicyclic) bond motifs is 2. The number of benzene rings is 1. The summed E-state index contributed by atoms with van der Waals surface area (Å²) in [6.45, 7) is 3.17. The van der Waals surface area contributed by atoms with E-state index in [0.717, 1.165) is 46.9 Å². The van der Waals surface area contributed by atoms with Crippen molar-refractivity contribution in [2.24, 2.45) is 0 Å². The summed E-state index contributed by atoms with van der Waals surface area (Å²) in [5.41, 5.74) is 4.82. The highest BCUT2D eigenvalue weighted by Gasteiger charge is 2.22. The molecule has 3 nitrogen and oxygen atoms in total. The van der Waals surface area contributed by atoms with Crippen molar-refractivity contribution >= 4 is 32.5 Å². The molecule has 0 saturated carbocycles. The number of methoxy groups -OCH3 is 1. The Bertz CT molecular complexity index is 655. The third kappa shape index (κ3) is 2.16. The molecule has 3 rings (SSSR count). The van der Waals surface area contributed by atoms with E-state index >= 15 is 0 Å². The molecule has 0 spiro atoms. The number of halogens is 1. The average molecular weight is 335 g/mol. The van der Waals surface area contributed by atoms with Crippen LogP contribution in [0.3, 0.4) is 0 Å². The molecule has 0 radical (unpaired) electrons. The Balaban J connectivity index is 2.31. The SMILES string of the molecule is CCCNc1c2c(nc3c(OC)ccc(Br)c13)CCC2. The number of anilines is 1. The van der Waals surface area contributed by atoms with E-state index in [9.17, 15) is 0 Å². The van der Waals surface area contributed by atoms with Crippen molar-refractivity contribution in [3.05, 3.63) is 27.9 Å². The van der Waals surface area contributed by atoms with Gasteiger partial charge in [-0.25, -0.2) is 4.98 Å². The molecule has 0 amide bonds. The Hall–Kier alpha value is -1.29. The lowest BCUT2D eigenvalue weighted by atomic mass is 10.1. The standard InChI is InChI=1S/C16H19BrN2O/c1-3-9-18-15-10-5-4-6-12(10)19-16-13(20-2)8-7-11(17)14(15)16/h7-8H,3-6,9H2,1-2H3,(H,18,19). The minimum Gasteiger partial charge on any atom is -0.494 e. The van der Waals surface area contributed by atoms with Gasteiger partial charge in [-0.2, -0.15) is 0 Å². The molecule has 4 heteroatoms. The summed E-state index contributed by atoms with van der Waals surface area (Å²) in [4.78, 5) is 4.86. The number of hydrogen-bond donors (Lipinski definition) is 1. The number of aromatic nitrogens is 1. The smallest absolute Gasteiger partial charge is 0.145 e. The zero-order chi connectivity index (χ0) is 14.1. The first kappa shape index (κ1) is 13.7. The number of ether oxygens (including phenoxy) is 1. The first-order chi connectivity index (χ1) is 9.76. The summed E-state index contributed by atoms with van der Waals surface area (Å²) >= 11 is 3.68. The molecule has 1 N–H and O–H groups in total. The molecule has 0 atom stereocenters. The number of hydrogen-bond acceptors (Lipinski definition) is 3. The van der Waals surface area contributed by atoms with Crippen LogP contribution in [0, 0.1) is 0 Å². The number of rotatable bonds is 4. The van der Waals surface area contributed by atoms with E-state index in [1.807, 2.05) is 12.1 Å². The monoisotopic (exact) mass is 334 g/mol. The molecule has 0 saturated heterocycles. The van der Waals surface area contributed by atoms with E-state index in [1.165, 1.54) is 23.4 Å². The van der Waals surface area contributed by atoms with Crippen molar-refractivity contribution in [2.75, 3.05) is 19.0 Å². The minimum atomic E-state index is 0.845. The molecule has 1 heterocycles. The maximum atomic E-state index is 5.49. The van der Waals surface area contributed by atoms with Gasteiger partial charge < -0.3 is 10.1 Å². The Kier molecular flexibility index (Phi) is 3.83. The molecule has 0 fully saturated rings. The van der Waals surface area contributed by atoms with E-state index in [-0.39, 0.29) is 0 Å². The van der Waals surface area contributed by atoms with E-state index in [0.29, 0.717) is 0 Å².